The van der Waals surface area contributed by atoms with Gasteiger partial charge in [0.1, 0.15) is 0 Å². The quantitative estimate of drug-likeness (QED) is 0.595. The molecule has 0 saturated heterocycles. The van der Waals surface area contributed by atoms with E-state index in [1.807, 2.05) is 34.2 Å². The first-order chi connectivity index (χ1) is 5.79. The standard InChI is InChI=1S/C6H8S.C4H4S/c1-5-3-4-6(2)7-5;1-2-4-5-3-1/h3-4H,1-2H3;1-4H. The van der Waals surface area contributed by atoms with Gasteiger partial charge in [-0.25, -0.2) is 0 Å². The number of rotatable bonds is 0. The van der Waals surface area contributed by atoms with Crippen LogP contribution in [-0.4, -0.2) is 0 Å². The fourth-order valence-corrected chi connectivity index (χ4v) is 2.02. The van der Waals surface area contributed by atoms with Crippen molar-refractivity contribution in [3.63, 3.8) is 0 Å². The molecule has 12 heavy (non-hydrogen) atoms. The molecular weight excluding hydrogens is 184 g/mol. The highest BCUT2D eigenvalue weighted by atomic mass is 32.1. The molecule has 0 bridgehead atoms. The summed E-state index contributed by atoms with van der Waals surface area (Å²) in [5, 5.41) is 4.08. The Balaban J connectivity index is 0.000000127. The van der Waals surface area contributed by atoms with Gasteiger partial charge >= 0.3 is 0 Å². The molecule has 2 heteroatoms. The minimum absolute atomic E-state index is 1.40. The minimum Gasteiger partial charge on any atom is -0.152 e. The maximum Gasteiger partial charge on any atom is 0.00170 e. The second-order valence-electron chi connectivity index (χ2n) is 2.45. The Morgan fingerprint density at radius 2 is 1.42 bits per heavy atom. The lowest BCUT2D eigenvalue weighted by molar-refractivity contribution is 1.61. The van der Waals surface area contributed by atoms with E-state index in [-0.39, 0.29) is 0 Å². The van der Waals surface area contributed by atoms with E-state index in [1.54, 1.807) is 11.3 Å². The summed E-state index contributed by atoms with van der Waals surface area (Å²) < 4.78 is 0. The van der Waals surface area contributed by atoms with Crippen molar-refractivity contribution in [2.75, 3.05) is 0 Å². The Morgan fingerprint density at radius 3 is 1.58 bits per heavy atom. The summed E-state index contributed by atoms with van der Waals surface area (Å²) in [5.41, 5.74) is 0. The second-order valence-corrected chi connectivity index (χ2v) is 4.76. The Morgan fingerprint density at radius 1 is 0.917 bits per heavy atom. The average molecular weight is 196 g/mol. The minimum atomic E-state index is 1.40. The molecule has 0 unspecified atom stereocenters. The van der Waals surface area contributed by atoms with Gasteiger partial charge in [0, 0.05) is 9.75 Å². The monoisotopic (exact) mass is 196 g/mol. The highest BCUT2D eigenvalue weighted by molar-refractivity contribution is 7.11. The highest BCUT2D eigenvalue weighted by Crippen LogP contribution is 2.12. The van der Waals surface area contributed by atoms with E-state index in [9.17, 15) is 0 Å². The highest BCUT2D eigenvalue weighted by Gasteiger charge is 1.84. The van der Waals surface area contributed by atoms with Crippen LogP contribution in [-0.2, 0) is 0 Å². The summed E-state index contributed by atoms with van der Waals surface area (Å²) in [6, 6.07) is 8.31. The molecule has 0 atom stereocenters. The zero-order chi connectivity index (χ0) is 8.81. The molecule has 2 aromatic heterocycles. The maximum atomic E-state index is 2.14. The molecule has 2 rings (SSSR count). The molecule has 0 spiro atoms. The van der Waals surface area contributed by atoms with Crippen LogP contribution in [0.2, 0.25) is 0 Å². The molecule has 2 heterocycles. The van der Waals surface area contributed by atoms with Crippen LogP contribution in [0.1, 0.15) is 9.75 Å². The molecule has 0 nitrogen and oxygen atoms in total. The van der Waals surface area contributed by atoms with E-state index in [2.05, 4.69) is 26.0 Å². The van der Waals surface area contributed by atoms with Crippen LogP contribution < -0.4 is 0 Å². The van der Waals surface area contributed by atoms with Gasteiger partial charge in [0.05, 0.1) is 0 Å². The molecular formula is C10H12S2. The van der Waals surface area contributed by atoms with E-state index in [0.29, 0.717) is 0 Å². The van der Waals surface area contributed by atoms with Crippen molar-refractivity contribution in [2.45, 2.75) is 13.8 Å². The van der Waals surface area contributed by atoms with Crippen molar-refractivity contribution in [1.29, 1.82) is 0 Å². The van der Waals surface area contributed by atoms with E-state index in [4.69, 9.17) is 0 Å². The molecule has 0 radical (unpaired) electrons. The molecule has 0 saturated carbocycles. The number of thiophene rings is 2. The molecule has 0 aromatic carbocycles. The topological polar surface area (TPSA) is 0 Å². The summed E-state index contributed by atoms with van der Waals surface area (Å²) in [6.07, 6.45) is 0. The third-order valence-corrected chi connectivity index (χ3v) is 2.84. The van der Waals surface area contributed by atoms with Crippen LogP contribution in [0.15, 0.2) is 35.0 Å². The Kier molecular flexibility index (Phi) is 4.05. The van der Waals surface area contributed by atoms with Gasteiger partial charge in [0.15, 0.2) is 0 Å². The van der Waals surface area contributed by atoms with Crippen LogP contribution in [0.25, 0.3) is 0 Å². The normalized spacial score (nSPS) is 8.83. The fraction of sp³-hybridized carbons (Fsp3) is 0.200. The van der Waals surface area contributed by atoms with Crippen LogP contribution in [0.4, 0.5) is 0 Å². The molecule has 0 aliphatic carbocycles. The third-order valence-electron chi connectivity index (χ3n) is 1.30. The first-order valence-electron chi connectivity index (χ1n) is 3.79. The summed E-state index contributed by atoms with van der Waals surface area (Å²) >= 11 is 3.56. The zero-order valence-electron chi connectivity index (χ0n) is 7.28. The summed E-state index contributed by atoms with van der Waals surface area (Å²) in [6.45, 7) is 4.25. The van der Waals surface area contributed by atoms with Crippen molar-refractivity contribution in [1.82, 2.24) is 0 Å². The van der Waals surface area contributed by atoms with Crippen LogP contribution in [0.3, 0.4) is 0 Å². The van der Waals surface area contributed by atoms with E-state index in [0.717, 1.165) is 0 Å². The van der Waals surface area contributed by atoms with Crippen LogP contribution >= 0.6 is 22.7 Å². The van der Waals surface area contributed by atoms with Crippen molar-refractivity contribution >= 4 is 22.7 Å². The lowest BCUT2D eigenvalue weighted by atomic mass is 10.5. The molecule has 0 N–H and O–H groups in total. The van der Waals surface area contributed by atoms with Crippen molar-refractivity contribution in [2.24, 2.45) is 0 Å². The van der Waals surface area contributed by atoms with Crippen molar-refractivity contribution in [3.8, 4) is 0 Å². The van der Waals surface area contributed by atoms with Gasteiger partial charge in [-0.2, -0.15) is 11.3 Å². The van der Waals surface area contributed by atoms with Gasteiger partial charge in [-0.05, 0) is 36.7 Å². The van der Waals surface area contributed by atoms with E-state index < -0.39 is 0 Å². The zero-order valence-corrected chi connectivity index (χ0v) is 8.91. The summed E-state index contributed by atoms with van der Waals surface area (Å²) in [5.74, 6) is 0. The average Bonchev–Trinajstić information content (AvgIpc) is 2.63. The van der Waals surface area contributed by atoms with Crippen LogP contribution in [0, 0.1) is 13.8 Å². The predicted molar refractivity (Wildman–Crippen MR) is 58.1 cm³/mol. The Hall–Kier alpha value is -0.600. The maximum absolute atomic E-state index is 2.14. The molecule has 0 amide bonds. The number of hydrogen-bond donors (Lipinski definition) is 0. The number of hydrogen-bond acceptors (Lipinski definition) is 2. The molecule has 0 aliphatic heterocycles. The Bertz CT molecular complexity index is 260. The summed E-state index contributed by atoms with van der Waals surface area (Å²) in [4.78, 5) is 2.80. The van der Waals surface area contributed by atoms with Crippen molar-refractivity contribution < 1.29 is 0 Å². The Labute approximate surface area is 81.5 Å². The van der Waals surface area contributed by atoms with Gasteiger partial charge in [0.25, 0.3) is 0 Å². The lowest BCUT2D eigenvalue weighted by Crippen LogP contribution is -1.44. The largest absolute Gasteiger partial charge is 0.152 e. The summed E-state index contributed by atoms with van der Waals surface area (Å²) in [7, 11) is 0. The lowest BCUT2D eigenvalue weighted by Gasteiger charge is -1.71. The van der Waals surface area contributed by atoms with Crippen LogP contribution in [0.5, 0.6) is 0 Å². The van der Waals surface area contributed by atoms with Gasteiger partial charge < -0.3 is 0 Å². The molecule has 64 valence electrons. The molecule has 2 aromatic rings. The first kappa shape index (κ1) is 9.49. The SMILES string of the molecule is Cc1ccc(C)s1.c1ccsc1. The first-order valence-corrected chi connectivity index (χ1v) is 5.55. The smallest absolute Gasteiger partial charge is 0.00170 e. The third kappa shape index (κ3) is 3.69. The van der Waals surface area contributed by atoms with Crippen molar-refractivity contribution in [3.05, 3.63) is 44.8 Å². The van der Waals surface area contributed by atoms with Gasteiger partial charge in [0.2, 0.25) is 0 Å². The van der Waals surface area contributed by atoms with Gasteiger partial charge in [-0.1, -0.05) is 12.1 Å². The molecule has 0 aliphatic rings. The van der Waals surface area contributed by atoms with E-state index >= 15 is 0 Å². The predicted octanol–water partition coefficient (Wildman–Crippen LogP) is 4.11. The van der Waals surface area contributed by atoms with E-state index in [1.165, 1.54) is 9.75 Å². The second kappa shape index (κ2) is 5.12. The van der Waals surface area contributed by atoms with Gasteiger partial charge in [-0.3, -0.25) is 0 Å². The fourth-order valence-electron chi connectivity index (χ4n) is 0.783. The number of aryl methyl sites for hydroxylation is 2. The molecule has 0 fully saturated rings. The van der Waals surface area contributed by atoms with Gasteiger partial charge in [-0.15, -0.1) is 11.3 Å².